The van der Waals surface area contributed by atoms with Crippen LogP contribution in [0.25, 0.3) is 87.6 Å². The first-order valence-corrected chi connectivity index (χ1v) is 44.3. The highest BCUT2D eigenvalue weighted by molar-refractivity contribution is 6.33. The van der Waals surface area contributed by atoms with Gasteiger partial charge in [0.2, 0.25) is 33.7 Å². The van der Waals surface area contributed by atoms with Crippen LogP contribution in [0.2, 0.25) is 15.9 Å². The number of nitrogen functional groups attached to an aromatic ring is 1. The van der Waals surface area contributed by atoms with Gasteiger partial charge in [-0.1, -0.05) is 343 Å². The van der Waals surface area contributed by atoms with Crippen LogP contribution in [-0.4, -0.2) is 73.4 Å². The van der Waals surface area contributed by atoms with E-state index in [1.165, 1.54) is 50.1 Å². The van der Waals surface area contributed by atoms with E-state index in [9.17, 15) is 0 Å². The van der Waals surface area contributed by atoms with E-state index in [4.69, 9.17) is 70.4 Å². The van der Waals surface area contributed by atoms with E-state index in [2.05, 4.69) is 381 Å². The van der Waals surface area contributed by atoms with Crippen LogP contribution in [0.1, 0.15) is 245 Å². The second-order valence-electron chi connectivity index (χ2n) is 41.3. The molecule has 6 aromatic heterocycles. The van der Waals surface area contributed by atoms with Crippen LogP contribution in [0, 0.1) is 0 Å². The maximum absolute atomic E-state index is 6.09. The summed E-state index contributed by atoms with van der Waals surface area (Å²) >= 11 is 16.0. The fourth-order valence-corrected chi connectivity index (χ4v) is 15.7. The van der Waals surface area contributed by atoms with Crippen LogP contribution in [0.3, 0.4) is 0 Å². The third-order valence-electron chi connectivity index (χ3n) is 22.7. The fraction of sp³-hybridized carbons (Fsp3) is 0.377. The second kappa shape index (κ2) is 36.9. The molecule has 0 saturated heterocycles. The van der Waals surface area contributed by atoms with Gasteiger partial charge in [0.1, 0.15) is 23.3 Å². The van der Waals surface area contributed by atoms with Crippen LogP contribution in [-0.2, 0) is 43.3 Å². The Labute approximate surface area is 752 Å². The molecule has 0 amide bonds. The number of aromatic nitrogens is 10. The average molecular weight is 1720 g/mol. The number of hydrogen-bond donors (Lipinski definition) is 4. The number of fused-ring (bicyclic) bond motifs is 4. The zero-order valence-electron chi connectivity index (χ0n) is 78.5. The van der Waals surface area contributed by atoms with Crippen molar-refractivity contribution in [3.05, 3.63) is 255 Å². The van der Waals surface area contributed by atoms with Crippen molar-refractivity contribution in [1.82, 2.24) is 54.7 Å². The normalized spacial score (nSPS) is 12.5. The van der Waals surface area contributed by atoms with E-state index in [1.54, 1.807) is 0 Å². The van der Waals surface area contributed by atoms with Crippen molar-refractivity contribution in [3.8, 4) is 44.5 Å². The van der Waals surface area contributed by atoms with Gasteiger partial charge in [-0.15, -0.1) is 0 Å². The maximum Gasteiger partial charge on any atom is 0.235 e. The van der Waals surface area contributed by atoms with Crippen molar-refractivity contribution in [2.45, 2.75) is 256 Å². The Morgan fingerprint density at radius 2 is 0.476 bits per heavy atom. The largest absolute Gasteiger partial charge is 0.383 e. The lowest BCUT2D eigenvalue weighted by atomic mass is 9.78. The highest BCUT2D eigenvalue weighted by atomic mass is 35.5. The molecule has 0 atom stereocenters. The lowest BCUT2D eigenvalue weighted by Gasteiger charge is -2.28. The molecule has 14 aromatic rings. The van der Waals surface area contributed by atoms with Gasteiger partial charge in [0, 0.05) is 80.7 Å². The zero-order valence-corrected chi connectivity index (χ0v) is 80.7. The van der Waals surface area contributed by atoms with Crippen molar-refractivity contribution in [2.75, 3.05) is 28.2 Å². The maximum atomic E-state index is 6.09. The summed E-state index contributed by atoms with van der Waals surface area (Å²) in [5, 5.41) is 18.8. The molecule has 0 saturated carbocycles. The zero-order chi connectivity index (χ0) is 90.9. The van der Waals surface area contributed by atoms with Crippen molar-refractivity contribution in [1.29, 1.82) is 0 Å². The molecule has 0 unspecified atom stereocenters. The van der Waals surface area contributed by atoms with Gasteiger partial charge in [-0.05, 0) is 201 Å². The summed E-state index contributed by atoms with van der Waals surface area (Å²) in [6.45, 7) is 66.8. The van der Waals surface area contributed by atoms with Gasteiger partial charge in [0.25, 0.3) is 0 Å². The highest BCUT2D eigenvalue weighted by Gasteiger charge is 2.29. The number of hydrogen-bond acceptors (Lipinski definition) is 15. The predicted octanol–water partition coefficient (Wildman–Crippen LogP) is 29.6. The first-order chi connectivity index (χ1) is 57.7. The van der Waals surface area contributed by atoms with Gasteiger partial charge in [0.15, 0.2) is 0 Å². The summed E-state index contributed by atoms with van der Waals surface area (Å²) in [5.41, 5.74) is 25.2. The van der Waals surface area contributed by atoms with Crippen LogP contribution >= 0.6 is 34.8 Å². The van der Waals surface area contributed by atoms with Gasteiger partial charge in [-0.25, -0.2) is 19.9 Å². The van der Waals surface area contributed by atoms with E-state index >= 15 is 0 Å². The summed E-state index contributed by atoms with van der Waals surface area (Å²) in [6.07, 6.45) is 7.82. The molecule has 6 heterocycles. The Hall–Kier alpha value is -10.6. The summed E-state index contributed by atoms with van der Waals surface area (Å²) in [5.74, 6) is 3.28. The molecule has 0 aliphatic rings. The molecule has 0 spiro atoms. The molecule has 124 heavy (non-hydrogen) atoms. The van der Waals surface area contributed by atoms with Crippen LogP contribution in [0.4, 0.5) is 41.1 Å². The number of benzene rings is 8. The predicted molar refractivity (Wildman–Crippen MR) is 530 cm³/mol. The summed E-state index contributed by atoms with van der Waals surface area (Å²) in [4.78, 5) is 48.0. The van der Waals surface area contributed by atoms with Gasteiger partial charge in [0.05, 0.1) is 0 Å². The number of anilines is 7. The third kappa shape index (κ3) is 22.9. The molecule has 0 aliphatic heterocycles. The molecule has 15 nitrogen and oxygen atoms in total. The van der Waals surface area contributed by atoms with E-state index in [0.717, 1.165) is 88.6 Å². The Bertz CT molecular complexity index is 5580. The Kier molecular flexibility index (Phi) is 28.0. The Balaban J connectivity index is 0.000000281. The van der Waals surface area contributed by atoms with E-state index < -0.39 is 0 Å². The summed E-state index contributed by atoms with van der Waals surface area (Å²) in [6, 6.07) is 62.8. The lowest BCUT2D eigenvalue weighted by molar-refractivity contribution is 0.185. The van der Waals surface area contributed by atoms with Crippen molar-refractivity contribution < 1.29 is 0 Å². The molecule has 648 valence electrons. The third-order valence-corrected chi connectivity index (χ3v) is 23.2. The first-order valence-electron chi connectivity index (χ1n) is 43.2. The molecule has 14 rings (SSSR count). The quantitative estimate of drug-likeness (QED) is 0.0851. The number of pyridine rings is 4. The minimum atomic E-state index is -0.0486. The van der Waals surface area contributed by atoms with Gasteiger partial charge < -0.3 is 21.7 Å². The average Bonchev–Trinajstić information content (AvgIpc) is 0.772. The van der Waals surface area contributed by atoms with Crippen LogP contribution < -0.4 is 21.7 Å². The van der Waals surface area contributed by atoms with Crippen molar-refractivity contribution in [2.24, 2.45) is 0 Å². The molecular formula is C106H128Cl3N15. The first kappa shape index (κ1) is 94.1. The van der Waals surface area contributed by atoms with Crippen molar-refractivity contribution in [3.63, 3.8) is 0 Å². The standard InChI is InChI=1S/C72H81N9.C23H28N2.C8H19N.C3Cl3N3/c1-67(2,3)46-31-43(32-47(37-46)68(4,5)6)58-40-73-61(55-28-22-19-25-52(55)58)76-64-79-65(77-62-56-29-23-20-26-53(56)59(41-74-62)44-33-48(69(7,8)9)38-49(34-44)70(10,11)12)81-66(80-64)78-63-57-30-24-21-27-54(57)60(42-75-63)45-35-50(71(13,14)15)39-51(36-45)72(16,17)18;1-22(2,3)16-11-15(12-17(13-16)23(4,5)6)20-14-25-21(24)19-10-8-7-9-18(19)20;1-6-9(7(2)3)8(4)5;4-1-7-2(5)9-3(6)8-1/h19-42H,1-18H3,(H3,73,74,75,76,77,78,79,80,81);7-14H,1-6H3,(H2,24,25);7-8H,6H2,1-5H3;. The Morgan fingerprint density at radius 3 is 0.669 bits per heavy atom. The van der Waals surface area contributed by atoms with E-state index in [0.29, 0.717) is 35.4 Å². The SMILES string of the molecule is CC(C)(C)c1cc(-c2cnc(N)c3ccccc23)cc(C(C)(C)C)c1.CC(C)(C)c1cc(-c2cnc(Nc3nc(Nc4ncc(-c5cc(C(C)(C)C)cc(C(C)(C)C)c5)c5ccccc45)nc(Nc4ncc(-c5cc(C(C)(C)C)cc(C(C)(C)C)c5)c5ccccc45)n3)c3ccccc23)cc(C(C)(C)C)c1.CCN(C(C)C)C(C)C.Clc1nc(Cl)nc(Cl)n1. The summed E-state index contributed by atoms with van der Waals surface area (Å²) in [7, 11) is 0. The number of nitrogens with two attached hydrogens (primary N) is 1. The molecule has 5 N–H and O–H groups in total. The molecule has 0 aliphatic carbocycles. The number of rotatable bonds is 13. The molecular weight excluding hydrogens is 1590 g/mol. The minimum absolute atomic E-state index is 0.000000000000000444. The van der Waals surface area contributed by atoms with Crippen molar-refractivity contribution >= 4 is 119 Å². The van der Waals surface area contributed by atoms with Gasteiger partial charge in [-0.2, -0.15) is 29.9 Å². The topological polar surface area (TPSA) is 194 Å². The molecule has 0 radical (unpaired) electrons. The number of halogens is 3. The van der Waals surface area contributed by atoms with Gasteiger partial charge >= 0.3 is 0 Å². The van der Waals surface area contributed by atoms with E-state index in [1.807, 2.05) is 55.1 Å². The fourth-order valence-electron chi connectivity index (χ4n) is 15.1. The lowest BCUT2D eigenvalue weighted by Crippen LogP contribution is -2.36. The highest BCUT2D eigenvalue weighted by Crippen LogP contribution is 2.45. The Morgan fingerprint density at radius 1 is 0.282 bits per heavy atom. The van der Waals surface area contributed by atoms with Crippen LogP contribution in [0.15, 0.2) is 195 Å². The number of nitrogens with one attached hydrogen (secondary N) is 3. The molecule has 8 aromatic carbocycles. The minimum Gasteiger partial charge on any atom is -0.383 e. The van der Waals surface area contributed by atoms with Crippen LogP contribution in [0.5, 0.6) is 0 Å². The second-order valence-corrected chi connectivity index (χ2v) is 42.4. The smallest absolute Gasteiger partial charge is 0.235 e. The molecule has 18 heteroatoms. The molecule has 0 bridgehead atoms. The monoisotopic (exact) mass is 1720 g/mol. The summed E-state index contributed by atoms with van der Waals surface area (Å²) < 4.78 is 0. The van der Waals surface area contributed by atoms with E-state index in [-0.39, 0.29) is 77.0 Å². The molecule has 0 fully saturated rings. The van der Waals surface area contributed by atoms with Gasteiger partial charge in [-0.3, -0.25) is 4.90 Å². The number of nitrogens with zero attached hydrogens (tertiary/aromatic N) is 11.